The molecule has 7 nitrogen and oxygen atoms in total. The lowest BCUT2D eigenvalue weighted by Gasteiger charge is -2.34. The van der Waals surface area contributed by atoms with Crippen molar-refractivity contribution in [1.82, 2.24) is 10.2 Å². The third kappa shape index (κ3) is 8.18. The van der Waals surface area contributed by atoms with Crippen molar-refractivity contribution in [3.05, 3.63) is 92.0 Å². The quantitative estimate of drug-likeness (QED) is 0.214. The predicted octanol–water partition coefficient (Wildman–Crippen LogP) is 7.05. The predicted molar refractivity (Wildman–Crippen MR) is 176 cm³/mol. The van der Waals surface area contributed by atoms with Crippen LogP contribution in [-0.2, 0) is 26.2 Å². The second-order valence-corrected chi connectivity index (χ2v) is 14.3. The minimum Gasteiger partial charge on any atom is -0.352 e. The molecule has 0 radical (unpaired) electrons. The van der Waals surface area contributed by atoms with Gasteiger partial charge in [0.15, 0.2) is 0 Å². The number of nitrogens with zero attached hydrogens (tertiary/aromatic N) is 2. The summed E-state index contributed by atoms with van der Waals surface area (Å²) in [5.41, 5.74) is 1.02. The second-order valence-electron chi connectivity index (χ2n) is 10.3. The molecule has 0 aliphatic heterocycles. The third-order valence-corrected chi connectivity index (χ3v) is 10.6. The Morgan fingerprint density at radius 1 is 0.952 bits per heavy atom. The molecule has 11 heteroatoms. The summed E-state index contributed by atoms with van der Waals surface area (Å²) in [6.07, 6.45) is 5.40. The van der Waals surface area contributed by atoms with Crippen molar-refractivity contribution in [1.29, 1.82) is 0 Å². The summed E-state index contributed by atoms with van der Waals surface area (Å²) < 4.78 is 29.8. The highest BCUT2D eigenvalue weighted by Gasteiger charge is 2.34. The van der Waals surface area contributed by atoms with Gasteiger partial charge in [0.1, 0.15) is 12.6 Å². The number of sulfonamides is 1. The number of hydrogen-bond donors (Lipinski definition) is 1. The Balaban J connectivity index is 1.70. The van der Waals surface area contributed by atoms with Crippen molar-refractivity contribution >= 4 is 73.3 Å². The molecule has 0 unspecified atom stereocenters. The largest absolute Gasteiger partial charge is 0.352 e. The van der Waals surface area contributed by atoms with E-state index in [-0.39, 0.29) is 23.4 Å². The smallest absolute Gasteiger partial charge is 0.264 e. The van der Waals surface area contributed by atoms with E-state index < -0.39 is 28.5 Å². The van der Waals surface area contributed by atoms with E-state index in [1.807, 2.05) is 6.92 Å². The molecule has 1 saturated carbocycles. The zero-order valence-corrected chi connectivity index (χ0v) is 27.8. The van der Waals surface area contributed by atoms with Gasteiger partial charge >= 0.3 is 0 Å². The first kappa shape index (κ1) is 32.6. The normalized spacial score (nSPS) is 14.7. The van der Waals surface area contributed by atoms with Crippen LogP contribution in [0.1, 0.15) is 51.0 Å². The molecule has 42 heavy (non-hydrogen) atoms. The molecule has 1 aliphatic rings. The molecule has 3 aromatic rings. The SMILES string of the molecule is CC[C@@H](C(=O)NC1CCCCC1)N(Cc1ccc(Cl)c(Cl)c1)C(=O)CN(c1ccc(I)cc1)S(=O)(=O)c1ccccc1. The Morgan fingerprint density at radius 3 is 2.24 bits per heavy atom. The van der Waals surface area contributed by atoms with Gasteiger partial charge in [-0.05, 0) is 95.9 Å². The van der Waals surface area contributed by atoms with Gasteiger partial charge in [-0.3, -0.25) is 13.9 Å². The fraction of sp³-hybridized carbons (Fsp3) is 0.355. The molecule has 1 aliphatic carbocycles. The number of nitrogens with one attached hydrogen (secondary N) is 1. The zero-order chi connectivity index (χ0) is 30.3. The molecule has 1 atom stereocenters. The lowest BCUT2D eigenvalue weighted by molar-refractivity contribution is -0.140. The molecule has 1 fully saturated rings. The number of carbonyl (C=O) groups excluding carboxylic acids is 2. The Bertz CT molecular complexity index is 1480. The maximum Gasteiger partial charge on any atom is 0.264 e. The molecular weight excluding hydrogens is 708 g/mol. The van der Waals surface area contributed by atoms with E-state index >= 15 is 0 Å². The summed E-state index contributed by atoms with van der Waals surface area (Å²) in [7, 11) is -4.11. The summed E-state index contributed by atoms with van der Waals surface area (Å²) in [4.78, 5) is 29.4. The molecule has 0 heterocycles. The van der Waals surface area contributed by atoms with Gasteiger partial charge in [0.05, 0.1) is 20.6 Å². The van der Waals surface area contributed by atoms with E-state index in [4.69, 9.17) is 23.2 Å². The Hall–Kier alpha value is -2.34. The summed E-state index contributed by atoms with van der Waals surface area (Å²) in [5, 5.41) is 3.85. The number of benzene rings is 3. The summed E-state index contributed by atoms with van der Waals surface area (Å²) in [6, 6.07) is 19.2. The highest BCUT2D eigenvalue weighted by molar-refractivity contribution is 14.1. The molecule has 0 saturated heterocycles. The van der Waals surface area contributed by atoms with E-state index in [2.05, 4.69) is 27.9 Å². The second kappa shape index (κ2) is 14.9. The summed E-state index contributed by atoms with van der Waals surface area (Å²) >= 11 is 14.6. The summed E-state index contributed by atoms with van der Waals surface area (Å²) in [6.45, 7) is 1.41. The number of amides is 2. The van der Waals surface area contributed by atoms with E-state index in [9.17, 15) is 18.0 Å². The van der Waals surface area contributed by atoms with E-state index in [1.165, 1.54) is 17.0 Å². The van der Waals surface area contributed by atoms with Crippen molar-refractivity contribution in [3.8, 4) is 0 Å². The van der Waals surface area contributed by atoms with Gasteiger partial charge < -0.3 is 10.2 Å². The van der Waals surface area contributed by atoms with Crippen molar-refractivity contribution in [2.24, 2.45) is 0 Å². The van der Waals surface area contributed by atoms with Crippen molar-refractivity contribution in [2.45, 2.75) is 69.0 Å². The first-order valence-corrected chi connectivity index (χ1v) is 17.2. The lowest BCUT2D eigenvalue weighted by atomic mass is 9.95. The first-order chi connectivity index (χ1) is 20.1. The third-order valence-electron chi connectivity index (χ3n) is 7.40. The zero-order valence-electron chi connectivity index (χ0n) is 23.3. The first-order valence-electron chi connectivity index (χ1n) is 14.0. The van der Waals surface area contributed by atoms with Crippen molar-refractivity contribution in [2.75, 3.05) is 10.8 Å². The number of anilines is 1. The monoisotopic (exact) mass is 741 g/mol. The van der Waals surface area contributed by atoms with Crippen LogP contribution in [0.2, 0.25) is 10.0 Å². The van der Waals surface area contributed by atoms with E-state index in [1.54, 1.807) is 60.7 Å². The van der Waals surface area contributed by atoms with Gasteiger partial charge in [-0.1, -0.05) is 73.7 Å². The van der Waals surface area contributed by atoms with Crippen molar-refractivity contribution in [3.63, 3.8) is 0 Å². The van der Waals surface area contributed by atoms with Gasteiger partial charge in [0.2, 0.25) is 11.8 Å². The summed E-state index contributed by atoms with van der Waals surface area (Å²) in [5.74, 6) is -0.755. The van der Waals surface area contributed by atoms with Crippen LogP contribution in [0.4, 0.5) is 5.69 Å². The standard InChI is InChI=1S/C31H34Cl2IN3O4S/c1-2-29(31(39)35-24-9-5-3-6-10-24)36(20-22-13-18-27(32)28(33)19-22)30(38)21-37(25-16-14-23(34)15-17-25)42(40,41)26-11-7-4-8-12-26/h4,7-8,11-19,24,29H,2-3,5-6,9-10,20-21H2,1H3,(H,35,39)/t29-/m0/s1. The van der Waals surface area contributed by atoms with Gasteiger partial charge in [0.25, 0.3) is 10.0 Å². The van der Waals surface area contributed by atoms with Crippen molar-refractivity contribution < 1.29 is 18.0 Å². The topological polar surface area (TPSA) is 86.8 Å². The number of carbonyl (C=O) groups is 2. The Labute approximate surface area is 271 Å². The maximum atomic E-state index is 14.2. The number of halogens is 3. The van der Waals surface area contributed by atoms with Crippen LogP contribution in [0, 0.1) is 3.57 Å². The molecule has 2 amide bonds. The average molecular weight is 743 g/mol. The van der Waals surface area contributed by atoms with Crippen LogP contribution in [0.15, 0.2) is 77.7 Å². The fourth-order valence-corrected chi connectivity index (χ4v) is 7.27. The minimum absolute atomic E-state index is 0.0538. The van der Waals surface area contributed by atoms with Crippen LogP contribution < -0.4 is 9.62 Å². The molecule has 0 bridgehead atoms. The molecule has 1 N–H and O–H groups in total. The fourth-order valence-electron chi connectivity index (χ4n) is 5.15. The minimum atomic E-state index is -4.11. The highest BCUT2D eigenvalue weighted by Crippen LogP contribution is 2.27. The highest BCUT2D eigenvalue weighted by atomic mass is 127. The van der Waals surface area contributed by atoms with Gasteiger partial charge in [-0.15, -0.1) is 0 Å². The molecular formula is C31H34Cl2IN3O4S. The molecule has 224 valence electrons. The number of rotatable bonds is 11. The van der Waals surface area contributed by atoms with Gasteiger partial charge in [-0.2, -0.15) is 0 Å². The molecule has 0 spiro atoms. The molecule has 3 aromatic carbocycles. The van der Waals surface area contributed by atoms with Crippen LogP contribution >= 0.6 is 45.8 Å². The average Bonchev–Trinajstić information content (AvgIpc) is 2.99. The van der Waals surface area contributed by atoms with E-state index in [0.29, 0.717) is 27.7 Å². The van der Waals surface area contributed by atoms with E-state index in [0.717, 1.165) is 40.0 Å². The Kier molecular flexibility index (Phi) is 11.6. The number of hydrogen-bond acceptors (Lipinski definition) is 4. The van der Waals surface area contributed by atoms with Gasteiger partial charge in [0, 0.05) is 16.2 Å². The van der Waals surface area contributed by atoms with Gasteiger partial charge in [-0.25, -0.2) is 8.42 Å². The lowest BCUT2D eigenvalue weighted by Crippen LogP contribution is -2.54. The maximum absolute atomic E-state index is 14.2. The molecule has 4 rings (SSSR count). The van der Waals surface area contributed by atoms with Crippen LogP contribution in [-0.4, -0.2) is 43.8 Å². The van der Waals surface area contributed by atoms with Crippen LogP contribution in [0.3, 0.4) is 0 Å². The Morgan fingerprint density at radius 2 is 1.62 bits per heavy atom. The molecule has 0 aromatic heterocycles. The van der Waals surface area contributed by atoms with Crippen LogP contribution in [0.5, 0.6) is 0 Å². The van der Waals surface area contributed by atoms with Crippen LogP contribution in [0.25, 0.3) is 0 Å².